The standard InChI is InChI=1S/C21H18F3N5O4S2/c1-12-9-17(21(22,23)24)27-20(16(12)11-25)34-8-7-19(30)26-14-3-5-15(6-4-14)35(31,32)29-18-10-13(2)33-28-18/h3-6,9-10H,7-8H2,1-2H3,(H,26,30)(H,28,29). The highest BCUT2D eigenvalue weighted by Gasteiger charge is 2.34. The maximum atomic E-state index is 13.0. The molecule has 2 aromatic heterocycles. The molecule has 0 spiro atoms. The maximum Gasteiger partial charge on any atom is 0.433 e. The fourth-order valence-electron chi connectivity index (χ4n) is 2.82. The van der Waals surface area contributed by atoms with Crippen LogP contribution in [0.3, 0.4) is 0 Å². The average molecular weight is 526 g/mol. The lowest BCUT2D eigenvalue weighted by atomic mass is 10.1. The van der Waals surface area contributed by atoms with E-state index in [1.54, 1.807) is 6.92 Å². The largest absolute Gasteiger partial charge is 0.433 e. The molecule has 0 fully saturated rings. The molecule has 0 unspecified atom stereocenters. The minimum atomic E-state index is -4.66. The molecule has 0 aliphatic carbocycles. The van der Waals surface area contributed by atoms with Crippen LogP contribution in [-0.4, -0.2) is 30.2 Å². The van der Waals surface area contributed by atoms with Crippen LogP contribution < -0.4 is 10.0 Å². The van der Waals surface area contributed by atoms with Crippen LogP contribution in [0, 0.1) is 25.2 Å². The van der Waals surface area contributed by atoms with Gasteiger partial charge in [-0.15, -0.1) is 11.8 Å². The Morgan fingerprint density at radius 1 is 1.20 bits per heavy atom. The van der Waals surface area contributed by atoms with E-state index in [0.29, 0.717) is 11.4 Å². The number of anilines is 2. The number of nitrogens with one attached hydrogen (secondary N) is 2. The lowest BCUT2D eigenvalue weighted by Crippen LogP contribution is -2.14. The molecule has 1 aromatic carbocycles. The molecule has 35 heavy (non-hydrogen) atoms. The van der Waals surface area contributed by atoms with E-state index in [-0.39, 0.29) is 39.0 Å². The van der Waals surface area contributed by atoms with E-state index >= 15 is 0 Å². The summed E-state index contributed by atoms with van der Waals surface area (Å²) in [7, 11) is -3.92. The number of hydrogen-bond acceptors (Lipinski definition) is 8. The van der Waals surface area contributed by atoms with Crippen LogP contribution in [0.1, 0.15) is 29.0 Å². The quantitative estimate of drug-likeness (QED) is 0.410. The summed E-state index contributed by atoms with van der Waals surface area (Å²) in [6.45, 7) is 3.00. The number of carbonyl (C=O) groups is 1. The second kappa shape index (κ2) is 10.4. The molecule has 0 atom stereocenters. The Bertz CT molecular complexity index is 1380. The summed E-state index contributed by atoms with van der Waals surface area (Å²) in [6.07, 6.45) is -4.74. The minimum Gasteiger partial charge on any atom is -0.360 e. The number of aryl methyl sites for hydroxylation is 2. The Morgan fingerprint density at radius 2 is 1.89 bits per heavy atom. The molecule has 9 nitrogen and oxygen atoms in total. The fourth-order valence-corrected chi connectivity index (χ4v) is 4.80. The number of alkyl halides is 3. The Morgan fingerprint density at radius 3 is 2.46 bits per heavy atom. The van der Waals surface area contributed by atoms with Gasteiger partial charge in [0.25, 0.3) is 10.0 Å². The Labute approximate surface area is 202 Å². The predicted octanol–water partition coefficient (Wildman–Crippen LogP) is 4.50. The summed E-state index contributed by atoms with van der Waals surface area (Å²) in [5.74, 6) is 0.0810. The Balaban J connectivity index is 1.59. The monoisotopic (exact) mass is 525 g/mol. The first kappa shape index (κ1) is 26.0. The molecule has 2 heterocycles. The number of nitriles is 1. The number of amides is 1. The SMILES string of the molecule is Cc1cc(NS(=O)(=O)c2ccc(NC(=O)CCSc3nc(C(F)(F)F)cc(C)c3C#N)cc2)no1. The Kier molecular flexibility index (Phi) is 7.71. The zero-order valence-corrected chi connectivity index (χ0v) is 19.9. The van der Waals surface area contributed by atoms with E-state index < -0.39 is 27.8 Å². The molecule has 0 aliphatic heterocycles. The number of benzene rings is 1. The molecule has 0 aliphatic rings. The van der Waals surface area contributed by atoms with Crippen LogP contribution in [0.25, 0.3) is 0 Å². The van der Waals surface area contributed by atoms with Crippen LogP contribution in [0.2, 0.25) is 0 Å². The van der Waals surface area contributed by atoms with Crippen molar-refractivity contribution in [1.82, 2.24) is 10.1 Å². The lowest BCUT2D eigenvalue weighted by molar-refractivity contribution is -0.141. The van der Waals surface area contributed by atoms with E-state index in [0.717, 1.165) is 17.8 Å². The predicted molar refractivity (Wildman–Crippen MR) is 121 cm³/mol. The zero-order valence-electron chi connectivity index (χ0n) is 18.3. The van der Waals surface area contributed by atoms with Crippen molar-refractivity contribution in [3.8, 4) is 6.07 Å². The lowest BCUT2D eigenvalue weighted by Gasteiger charge is -2.11. The van der Waals surface area contributed by atoms with Crippen LogP contribution >= 0.6 is 11.8 Å². The van der Waals surface area contributed by atoms with E-state index in [4.69, 9.17) is 4.52 Å². The third kappa shape index (κ3) is 6.74. The normalized spacial score (nSPS) is 11.7. The van der Waals surface area contributed by atoms with Gasteiger partial charge in [0.15, 0.2) is 5.82 Å². The van der Waals surface area contributed by atoms with Crippen LogP contribution in [-0.2, 0) is 21.0 Å². The van der Waals surface area contributed by atoms with Gasteiger partial charge in [0.05, 0.1) is 10.5 Å². The second-order valence-corrected chi connectivity index (χ2v) is 9.98. The van der Waals surface area contributed by atoms with Gasteiger partial charge in [-0.1, -0.05) is 5.16 Å². The highest BCUT2D eigenvalue weighted by atomic mass is 32.2. The first-order valence-corrected chi connectivity index (χ1v) is 12.3. The average Bonchev–Trinajstić information content (AvgIpc) is 3.17. The van der Waals surface area contributed by atoms with Gasteiger partial charge < -0.3 is 9.84 Å². The third-order valence-electron chi connectivity index (χ3n) is 4.47. The van der Waals surface area contributed by atoms with Gasteiger partial charge in [-0.25, -0.2) is 13.4 Å². The highest BCUT2D eigenvalue weighted by molar-refractivity contribution is 7.99. The fraction of sp³-hybridized carbons (Fsp3) is 0.238. The van der Waals surface area contributed by atoms with Gasteiger partial charge in [-0.3, -0.25) is 9.52 Å². The van der Waals surface area contributed by atoms with Crippen molar-refractivity contribution in [3.63, 3.8) is 0 Å². The number of pyridine rings is 1. The number of thioether (sulfide) groups is 1. The maximum absolute atomic E-state index is 13.0. The number of rotatable bonds is 8. The van der Waals surface area contributed by atoms with Crippen molar-refractivity contribution in [2.45, 2.75) is 36.4 Å². The first-order chi connectivity index (χ1) is 16.4. The van der Waals surface area contributed by atoms with E-state index in [1.807, 2.05) is 6.07 Å². The van der Waals surface area contributed by atoms with Gasteiger partial charge in [-0.05, 0) is 49.7 Å². The van der Waals surface area contributed by atoms with Crippen molar-refractivity contribution < 1.29 is 30.9 Å². The summed E-state index contributed by atoms with van der Waals surface area (Å²) < 4.78 is 70.9. The molecule has 0 radical (unpaired) electrons. The molecule has 0 saturated heterocycles. The number of aromatic nitrogens is 2. The highest BCUT2D eigenvalue weighted by Crippen LogP contribution is 2.32. The van der Waals surface area contributed by atoms with Gasteiger partial charge >= 0.3 is 6.18 Å². The van der Waals surface area contributed by atoms with E-state index in [2.05, 4.69) is 20.2 Å². The number of hydrogen-bond donors (Lipinski definition) is 2. The molecular weight excluding hydrogens is 507 g/mol. The van der Waals surface area contributed by atoms with Gasteiger partial charge in [0.1, 0.15) is 22.5 Å². The first-order valence-electron chi connectivity index (χ1n) is 9.87. The summed E-state index contributed by atoms with van der Waals surface area (Å²) in [6, 6.07) is 9.41. The summed E-state index contributed by atoms with van der Waals surface area (Å²) >= 11 is 0.868. The van der Waals surface area contributed by atoms with Crippen LogP contribution in [0.5, 0.6) is 0 Å². The Hall–Kier alpha value is -3.57. The smallest absolute Gasteiger partial charge is 0.360 e. The van der Waals surface area contributed by atoms with Crippen LogP contribution in [0.15, 0.2) is 50.8 Å². The van der Waals surface area contributed by atoms with Gasteiger partial charge in [-0.2, -0.15) is 18.4 Å². The van der Waals surface area contributed by atoms with E-state index in [1.165, 1.54) is 37.3 Å². The van der Waals surface area contributed by atoms with Crippen molar-refractivity contribution in [3.05, 3.63) is 59.0 Å². The third-order valence-corrected chi connectivity index (χ3v) is 6.82. The second-order valence-electron chi connectivity index (χ2n) is 7.21. The number of halogens is 3. The molecule has 3 rings (SSSR count). The molecule has 1 amide bonds. The summed E-state index contributed by atoms with van der Waals surface area (Å²) in [4.78, 5) is 15.7. The number of nitrogens with zero attached hydrogens (tertiary/aromatic N) is 3. The molecule has 3 aromatic rings. The minimum absolute atomic E-state index is 0.0228. The molecule has 14 heteroatoms. The van der Waals surface area contributed by atoms with Crippen molar-refractivity contribution in [2.75, 3.05) is 15.8 Å². The van der Waals surface area contributed by atoms with E-state index in [9.17, 15) is 31.6 Å². The van der Waals surface area contributed by atoms with Crippen molar-refractivity contribution >= 4 is 39.2 Å². The topological polar surface area (TPSA) is 138 Å². The summed E-state index contributed by atoms with van der Waals surface area (Å²) in [5, 5.41) is 15.3. The number of carbonyl (C=O) groups excluding carboxylic acids is 1. The molecule has 184 valence electrons. The number of sulfonamides is 1. The van der Waals surface area contributed by atoms with Crippen molar-refractivity contribution in [2.24, 2.45) is 0 Å². The van der Waals surface area contributed by atoms with Crippen LogP contribution in [0.4, 0.5) is 24.7 Å². The van der Waals surface area contributed by atoms with Crippen molar-refractivity contribution in [1.29, 1.82) is 5.26 Å². The zero-order chi connectivity index (χ0) is 25.8. The molecule has 0 bridgehead atoms. The summed E-state index contributed by atoms with van der Waals surface area (Å²) in [5.41, 5.74) is -0.620. The van der Waals surface area contributed by atoms with Gasteiger partial charge in [0.2, 0.25) is 5.91 Å². The molecule has 0 saturated carbocycles. The molecular formula is C21H18F3N5O4S2. The van der Waals surface area contributed by atoms with Gasteiger partial charge in [0, 0.05) is 23.9 Å². The molecule has 2 N–H and O–H groups in total.